The van der Waals surface area contributed by atoms with Gasteiger partial charge in [-0.25, -0.2) is 4.68 Å². The summed E-state index contributed by atoms with van der Waals surface area (Å²) in [6.45, 7) is 1.62. The molecule has 1 rings (SSSR count). The van der Waals surface area contributed by atoms with Gasteiger partial charge in [0.25, 0.3) is 0 Å². The van der Waals surface area contributed by atoms with Crippen LogP contribution in [0.15, 0.2) is 6.33 Å². The molecule has 13 heavy (non-hydrogen) atoms. The Bertz CT molecular complexity index is 312. The third-order valence-corrected chi connectivity index (χ3v) is 1.27. The number of hydrogen-bond acceptors (Lipinski definition) is 5. The highest BCUT2D eigenvalue weighted by Crippen LogP contribution is 1.81. The zero-order chi connectivity index (χ0) is 9.68. The summed E-state index contributed by atoms with van der Waals surface area (Å²) >= 11 is 0. The Balaban J connectivity index is 2.39. The van der Waals surface area contributed by atoms with Crippen LogP contribution in [0.5, 0.6) is 0 Å². The van der Waals surface area contributed by atoms with Crippen LogP contribution in [0.1, 0.15) is 6.92 Å². The molecule has 0 saturated carbocycles. The monoisotopic (exact) mass is 180 g/mol. The van der Waals surface area contributed by atoms with Gasteiger partial charge in [0, 0.05) is 0 Å². The minimum Gasteiger partial charge on any atom is -0.339 e. The fourth-order valence-electron chi connectivity index (χ4n) is 0.719. The third-order valence-electron chi connectivity index (χ3n) is 1.27. The molecule has 0 radical (unpaired) electrons. The van der Waals surface area contributed by atoms with E-state index in [0.29, 0.717) is 0 Å². The molecule has 0 aliphatic heterocycles. The van der Waals surface area contributed by atoms with E-state index in [1.165, 1.54) is 11.0 Å². The maximum absolute atomic E-state index is 11.1. The van der Waals surface area contributed by atoms with E-state index in [0.717, 1.165) is 0 Å². The molecule has 0 bridgehead atoms. The SMILES string of the molecule is C[C@H](C#N)NC(=O)Cn1cnnn1. The van der Waals surface area contributed by atoms with E-state index >= 15 is 0 Å². The summed E-state index contributed by atoms with van der Waals surface area (Å²) in [6, 6.07) is 1.39. The smallest absolute Gasteiger partial charge is 0.242 e. The normalized spacial score (nSPS) is 11.7. The van der Waals surface area contributed by atoms with Crippen molar-refractivity contribution in [1.82, 2.24) is 25.5 Å². The maximum Gasteiger partial charge on any atom is 0.242 e. The van der Waals surface area contributed by atoms with Gasteiger partial charge in [0.15, 0.2) is 0 Å². The fraction of sp³-hybridized carbons (Fsp3) is 0.500. The van der Waals surface area contributed by atoms with Crippen molar-refractivity contribution in [3.8, 4) is 6.07 Å². The first kappa shape index (κ1) is 9.12. The molecule has 1 aromatic rings. The second-order valence-electron chi connectivity index (χ2n) is 2.43. The zero-order valence-electron chi connectivity index (χ0n) is 7.01. The molecule has 0 saturated heterocycles. The number of nitriles is 1. The van der Waals surface area contributed by atoms with Crippen LogP contribution in [-0.2, 0) is 11.3 Å². The average molecular weight is 180 g/mol. The second kappa shape index (κ2) is 4.15. The van der Waals surface area contributed by atoms with E-state index in [1.807, 2.05) is 6.07 Å². The first-order valence-electron chi connectivity index (χ1n) is 3.62. The highest BCUT2D eigenvalue weighted by Gasteiger charge is 2.06. The lowest BCUT2D eigenvalue weighted by Crippen LogP contribution is -2.34. The molecule has 0 aromatic carbocycles. The second-order valence-corrected chi connectivity index (χ2v) is 2.43. The molecule has 0 unspecified atom stereocenters. The van der Waals surface area contributed by atoms with Gasteiger partial charge in [-0.15, -0.1) is 5.10 Å². The number of nitrogens with one attached hydrogen (secondary N) is 1. The number of rotatable bonds is 3. The number of carbonyl (C=O) groups excluding carboxylic acids is 1. The van der Waals surface area contributed by atoms with Crippen LogP contribution in [0.25, 0.3) is 0 Å². The number of aromatic nitrogens is 4. The average Bonchev–Trinajstić information content (AvgIpc) is 2.56. The minimum absolute atomic E-state index is 0.0268. The van der Waals surface area contributed by atoms with Gasteiger partial charge < -0.3 is 5.32 Å². The van der Waals surface area contributed by atoms with E-state index in [2.05, 4.69) is 20.8 Å². The summed E-state index contributed by atoms with van der Waals surface area (Å²) < 4.78 is 1.28. The molecule has 1 N–H and O–H groups in total. The Kier molecular flexibility index (Phi) is 2.92. The first-order chi connectivity index (χ1) is 6.22. The molecule has 0 spiro atoms. The van der Waals surface area contributed by atoms with E-state index < -0.39 is 6.04 Å². The standard InChI is InChI=1S/C6H8N6O/c1-5(2-7)9-6(13)3-12-4-8-10-11-12/h4-5H,3H2,1H3,(H,9,13)/t5-/m1/s1. The van der Waals surface area contributed by atoms with E-state index in [9.17, 15) is 4.79 Å². The highest BCUT2D eigenvalue weighted by atomic mass is 16.2. The topological polar surface area (TPSA) is 96.5 Å². The van der Waals surface area contributed by atoms with Crippen molar-refractivity contribution in [1.29, 1.82) is 5.26 Å². The van der Waals surface area contributed by atoms with E-state index in [4.69, 9.17) is 5.26 Å². The summed E-state index contributed by atoms with van der Waals surface area (Å²) in [4.78, 5) is 11.1. The van der Waals surface area contributed by atoms with Crippen LogP contribution in [0.2, 0.25) is 0 Å². The molecule has 0 aliphatic carbocycles. The largest absolute Gasteiger partial charge is 0.339 e. The molecule has 1 amide bonds. The van der Waals surface area contributed by atoms with Gasteiger partial charge >= 0.3 is 0 Å². The lowest BCUT2D eigenvalue weighted by Gasteiger charge is -2.04. The maximum atomic E-state index is 11.1. The fourth-order valence-corrected chi connectivity index (χ4v) is 0.719. The minimum atomic E-state index is -0.496. The molecule has 1 aromatic heterocycles. The van der Waals surface area contributed by atoms with Crippen molar-refractivity contribution < 1.29 is 4.79 Å². The summed E-state index contributed by atoms with van der Waals surface area (Å²) in [7, 11) is 0. The number of hydrogen-bond donors (Lipinski definition) is 1. The summed E-state index contributed by atoms with van der Waals surface area (Å²) in [5.74, 6) is -0.290. The number of tetrazole rings is 1. The number of amides is 1. The van der Waals surface area contributed by atoms with E-state index in [1.54, 1.807) is 6.92 Å². The van der Waals surface area contributed by atoms with Gasteiger partial charge in [0.05, 0.1) is 6.07 Å². The van der Waals surface area contributed by atoms with Crippen LogP contribution >= 0.6 is 0 Å². The van der Waals surface area contributed by atoms with Gasteiger partial charge in [-0.1, -0.05) is 0 Å². The molecule has 7 nitrogen and oxygen atoms in total. The molecular formula is C6H8N6O. The molecule has 1 heterocycles. The van der Waals surface area contributed by atoms with E-state index in [-0.39, 0.29) is 12.5 Å². The Morgan fingerprint density at radius 2 is 2.62 bits per heavy atom. The molecule has 1 atom stereocenters. The first-order valence-corrected chi connectivity index (χ1v) is 3.62. The highest BCUT2D eigenvalue weighted by molar-refractivity contribution is 5.76. The van der Waals surface area contributed by atoms with Crippen molar-refractivity contribution in [3.05, 3.63) is 6.33 Å². The molecule has 0 aliphatic rings. The van der Waals surface area contributed by atoms with Crippen LogP contribution in [-0.4, -0.2) is 32.2 Å². The van der Waals surface area contributed by atoms with Crippen molar-refractivity contribution >= 4 is 5.91 Å². The molecular weight excluding hydrogens is 172 g/mol. The van der Waals surface area contributed by atoms with Crippen LogP contribution < -0.4 is 5.32 Å². The van der Waals surface area contributed by atoms with Gasteiger partial charge in [0.2, 0.25) is 5.91 Å². The number of nitrogens with zero attached hydrogens (tertiary/aromatic N) is 5. The Morgan fingerprint density at radius 3 is 3.15 bits per heavy atom. The predicted molar refractivity (Wildman–Crippen MR) is 41.0 cm³/mol. The third kappa shape index (κ3) is 2.86. The summed E-state index contributed by atoms with van der Waals surface area (Å²) in [5.41, 5.74) is 0. The number of carbonyl (C=O) groups is 1. The lowest BCUT2D eigenvalue weighted by atomic mass is 10.4. The van der Waals surface area contributed by atoms with Crippen LogP contribution in [0.3, 0.4) is 0 Å². The van der Waals surface area contributed by atoms with Gasteiger partial charge in [-0.3, -0.25) is 4.79 Å². The van der Waals surface area contributed by atoms with Crippen molar-refractivity contribution in [2.75, 3.05) is 0 Å². The van der Waals surface area contributed by atoms with Crippen molar-refractivity contribution in [3.63, 3.8) is 0 Å². The predicted octanol–water partition coefficient (Wildman–Crippen LogP) is -1.30. The van der Waals surface area contributed by atoms with Crippen molar-refractivity contribution in [2.24, 2.45) is 0 Å². The Labute approximate surface area is 74.3 Å². The molecule has 68 valence electrons. The molecule has 7 heteroatoms. The van der Waals surface area contributed by atoms with Crippen LogP contribution in [0, 0.1) is 11.3 Å². The Morgan fingerprint density at radius 1 is 1.85 bits per heavy atom. The zero-order valence-corrected chi connectivity index (χ0v) is 7.01. The van der Waals surface area contributed by atoms with Gasteiger partial charge in [-0.05, 0) is 17.4 Å². The Hall–Kier alpha value is -1.97. The lowest BCUT2D eigenvalue weighted by molar-refractivity contribution is -0.122. The van der Waals surface area contributed by atoms with Crippen molar-refractivity contribution in [2.45, 2.75) is 19.5 Å². The quantitative estimate of drug-likeness (QED) is 0.623. The van der Waals surface area contributed by atoms with Crippen LogP contribution in [0.4, 0.5) is 0 Å². The van der Waals surface area contributed by atoms with Gasteiger partial charge in [0.1, 0.15) is 18.9 Å². The summed E-state index contributed by atoms with van der Waals surface area (Å²) in [6.07, 6.45) is 1.33. The van der Waals surface area contributed by atoms with Gasteiger partial charge in [-0.2, -0.15) is 5.26 Å². The summed E-state index contributed by atoms with van der Waals surface area (Å²) in [5, 5.41) is 21.1. The molecule has 0 fully saturated rings.